The molecule has 1 heterocycles. The highest BCUT2D eigenvalue weighted by molar-refractivity contribution is 6.30. The Morgan fingerprint density at radius 1 is 0.906 bits per heavy atom. The summed E-state index contributed by atoms with van der Waals surface area (Å²) in [6.45, 7) is 2.04. The van der Waals surface area contributed by atoms with E-state index in [9.17, 15) is 9.18 Å². The number of hydrogen-bond acceptors (Lipinski definition) is 2. The molecule has 166 valence electrons. The molecule has 1 aliphatic heterocycles. The molecule has 3 aromatic rings. The average Bonchev–Trinajstić information content (AvgIpc) is 2.75. The molecule has 3 aromatic carbocycles. The fourth-order valence-corrected chi connectivity index (χ4v) is 4.47. The zero-order chi connectivity index (χ0) is 22.7. The van der Waals surface area contributed by atoms with Gasteiger partial charge >= 0.3 is 0 Å². The zero-order valence-corrected chi connectivity index (χ0v) is 19.2. The van der Waals surface area contributed by atoms with E-state index in [-0.39, 0.29) is 30.4 Å². The third-order valence-electron chi connectivity index (χ3n) is 5.80. The van der Waals surface area contributed by atoms with E-state index >= 15 is 0 Å². The van der Waals surface area contributed by atoms with Crippen LogP contribution in [0.25, 0.3) is 0 Å². The van der Waals surface area contributed by atoms with Gasteiger partial charge in [-0.15, -0.1) is 0 Å². The van der Waals surface area contributed by atoms with Gasteiger partial charge in [0.1, 0.15) is 5.82 Å². The molecule has 0 aliphatic carbocycles. The first-order valence-electron chi connectivity index (χ1n) is 10.5. The molecule has 32 heavy (non-hydrogen) atoms. The van der Waals surface area contributed by atoms with Crippen LogP contribution in [0.4, 0.5) is 4.39 Å². The SMILES string of the molecule is C[C@]1(NC(=O)Cc2ccc(Cl)cc2)C[C@@H](c2ccc(F)cc2)O[C@@H](c2ccc(Cl)cc2)C1. The molecule has 1 aliphatic rings. The first-order chi connectivity index (χ1) is 15.3. The van der Waals surface area contributed by atoms with Gasteiger partial charge in [0.2, 0.25) is 5.91 Å². The summed E-state index contributed by atoms with van der Waals surface area (Å²) in [5, 5.41) is 4.52. The Morgan fingerprint density at radius 2 is 1.38 bits per heavy atom. The lowest BCUT2D eigenvalue weighted by molar-refractivity contribution is -0.128. The van der Waals surface area contributed by atoms with Crippen LogP contribution in [0.5, 0.6) is 0 Å². The number of ether oxygens (including phenoxy) is 1. The van der Waals surface area contributed by atoms with Gasteiger partial charge in [0.05, 0.1) is 18.6 Å². The molecule has 0 bridgehead atoms. The highest BCUT2D eigenvalue weighted by Gasteiger charge is 2.40. The molecule has 6 heteroatoms. The summed E-state index contributed by atoms with van der Waals surface area (Å²) in [6, 6.07) is 21.1. The average molecular weight is 472 g/mol. The molecular weight excluding hydrogens is 448 g/mol. The van der Waals surface area contributed by atoms with E-state index in [1.807, 2.05) is 43.3 Å². The molecule has 1 amide bonds. The molecular formula is C26H24Cl2FNO2. The van der Waals surface area contributed by atoms with E-state index < -0.39 is 5.54 Å². The van der Waals surface area contributed by atoms with Gasteiger partial charge in [-0.2, -0.15) is 0 Å². The van der Waals surface area contributed by atoms with Crippen LogP contribution in [0, 0.1) is 5.82 Å². The fourth-order valence-electron chi connectivity index (χ4n) is 4.21. The van der Waals surface area contributed by atoms with Crippen molar-refractivity contribution in [3.63, 3.8) is 0 Å². The van der Waals surface area contributed by atoms with Crippen LogP contribution in [-0.4, -0.2) is 11.4 Å². The summed E-state index contributed by atoms with van der Waals surface area (Å²) in [5.74, 6) is -0.359. The van der Waals surface area contributed by atoms with Gasteiger partial charge in [-0.25, -0.2) is 4.39 Å². The highest BCUT2D eigenvalue weighted by atomic mass is 35.5. The van der Waals surface area contributed by atoms with Crippen molar-refractivity contribution in [2.24, 2.45) is 0 Å². The summed E-state index contributed by atoms with van der Waals surface area (Å²) in [6.07, 6.45) is 0.927. The van der Waals surface area contributed by atoms with Gasteiger partial charge in [0, 0.05) is 28.4 Å². The second kappa shape index (κ2) is 9.62. The van der Waals surface area contributed by atoms with Crippen LogP contribution in [0.1, 0.15) is 48.7 Å². The second-order valence-corrected chi connectivity index (χ2v) is 9.41. The molecule has 1 N–H and O–H groups in total. The third kappa shape index (κ3) is 5.69. The second-order valence-electron chi connectivity index (χ2n) is 8.54. The first-order valence-corrected chi connectivity index (χ1v) is 11.3. The Balaban J connectivity index is 1.56. The molecule has 0 saturated carbocycles. The standard InChI is InChI=1S/C26H24Cl2FNO2/c1-26(30-25(31)14-17-2-8-20(27)9-3-17)15-23(18-4-10-21(28)11-5-18)32-24(16-26)19-6-12-22(29)13-7-19/h2-13,23-24H,14-16H2,1H3,(H,30,31)/t23-,24+,26-/m1/s1. The molecule has 1 fully saturated rings. The Kier molecular flexibility index (Phi) is 6.85. The van der Waals surface area contributed by atoms with Gasteiger partial charge in [-0.1, -0.05) is 59.6 Å². The van der Waals surface area contributed by atoms with Crippen molar-refractivity contribution in [2.75, 3.05) is 0 Å². The molecule has 0 unspecified atom stereocenters. The highest BCUT2D eigenvalue weighted by Crippen LogP contribution is 2.43. The van der Waals surface area contributed by atoms with Crippen LogP contribution in [-0.2, 0) is 16.0 Å². The summed E-state index contributed by atoms with van der Waals surface area (Å²) in [5.41, 5.74) is 2.25. The van der Waals surface area contributed by atoms with Gasteiger partial charge in [0.25, 0.3) is 0 Å². The minimum Gasteiger partial charge on any atom is -0.365 e. The predicted molar refractivity (Wildman–Crippen MR) is 125 cm³/mol. The van der Waals surface area contributed by atoms with Crippen LogP contribution in [0.2, 0.25) is 10.0 Å². The van der Waals surface area contributed by atoms with Crippen molar-refractivity contribution in [3.05, 3.63) is 105 Å². The summed E-state index contributed by atoms with van der Waals surface area (Å²) in [4.78, 5) is 12.9. The Labute approximate surface area is 197 Å². The maximum atomic E-state index is 13.5. The van der Waals surface area contributed by atoms with Crippen LogP contribution >= 0.6 is 23.2 Å². The van der Waals surface area contributed by atoms with Crippen LogP contribution in [0.3, 0.4) is 0 Å². The quantitative estimate of drug-likeness (QED) is 0.442. The van der Waals surface area contributed by atoms with Crippen LogP contribution < -0.4 is 5.32 Å². The lowest BCUT2D eigenvalue weighted by atomic mass is 9.81. The number of halogens is 3. The van der Waals surface area contributed by atoms with Gasteiger partial charge in [-0.3, -0.25) is 4.79 Å². The van der Waals surface area contributed by atoms with E-state index in [1.165, 1.54) is 12.1 Å². The summed E-state index contributed by atoms with van der Waals surface area (Å²) < 4.78 is 19.9. The third-order valence-corrected chi connectivity index (χ3v) is 6.31. The molecule has 0 radical (unpaired) electrons. The molecule has 1 saturated heterocycles. The van der Waals surface area contributed by atoms with Crippen LogP contribution in [0.15, 0.2) is 72.8 Å². The molecule has 3 atom stereocenters. The largest absolute Gasteiger partial charge is 0.365 e. The number of rotatable bonds is 5. The maximum Gasteiger partial charge on any atom is 0.224 e. The summed E-state index contributed by atoms with van der Waals surface area (Å²) in [7, 11) is 0. The number of carbonyl (C=O) groups is 1. The van der Waals surface area contributed by atoms with Crippen molar-refractivity contribution in [1.29, 1.82) is 0 Å². The van der Waals surface area contributed by atoms with Crippen molar-refractivity contribution >= 4 is 29.1 Å². The van der Waals surface area contributed by atoms with E-state index in [4.69, 9.17) is 27.9 Å². The number of nitrogens with one attached hydrogen (secondary N) is 1. The summed E-state index contributed by atoms with van der Waals surface area (Å²) >= 11 is 12.0. The van der Waals surface area contributed by atoms with Crippen molar-refractivity contribution in [3.8, 4) is 0 Å². The van der Waals surface area contributed by atoms with Gasteiger partial charge in [0.15, 0.2) is 0 Å². The molecule has 4 rings (SSSR count). The monoisotopic (exact) mass is 471 g/mol. The van der Waals surface area contributed by atoms with Gasteiger partial charge in [-0.05, 0) is 60.0 Å². The number of carbonyl (C=O) groups excluding carboxylic acids is 1. The molecule has 3 nitrogen and oxygen atoms in total. The molecule has 0 spiro atoms. The van der Waals surface area contributed by atoms with E-state index in [0.29, 0.717) is 22.9 Å². The van der Waals surface area contributed by atoms with E-state index in [2.05, 4.69) is 5.32 Å². The first kappa shape index (κ1) is 22.8. The van der Waals surface area contributed by atoms with E-state index in [1.54, 1.807) is 24.3 Å². The Hall–Kier alpha value is -2.40. The smallest absolute Gasteiger partial charge is 0.224 e. The predicted octanol–water partition coefficient (Wildman–Crippen LogP) is 6.84. The Bertz CT molecular complexity index is 1010. The lowest BCUT2D eigenvalue weighted by Crippen LogP contribution is -2.51. The fraction of sp³-hybridized carbons (Fsp3) is 0.269. The normalized spacial score (nSPS) is 23.0. The minimum atomic E-state index is -0.509. The Morgan fingerprint density at radius 3 is 1.91 bits per heavy atom. The number of amides is 1. The molecule has 0 aromatic heterocycles. The number of benzene rings is 3. The lowest BCUT2D eigenvalue weighted by Gasteiger charge is -2.43. The van der Waals surface area contributed by atoms with E-state index in [0.717, 1.165) is 16.7 Å². The van der Waals surface area contributed by atoms with Crippen molar-refractivity contribution in [2.45, 2.75) is 43.9 Å². The minimum absolute atomic E-state index is 0.0653. The van der Waals surface area contributed by atoms with Crippen molar-refractivity contribution < 1.29 is 13.9 Å². The van der Waals surface area contributed by atoms with Crippen molar-refractivity contribution in [1.82, 2.24) is 5.32 Å². The van der Waals surface area contributed by atoms with Gasteiger partial charge < -0.3 is 10.1 Å². The number of hydrogen-bond donors (Lipinski definition) is 1. The zero-order valence-electron chi connectivity index (χ0n) is 17.7. The topological polar surface area (TPSA) is 38.3 Å². The maximum absolute atomic E-state index is 13.5.